The molecule has 7 heteroatoms. The Balaban J connectivity index is 2.15. The van der Waals surface area contributed by atoms with Crippen LogP contribution in [0.3, 0.4) is 0 Å². The first kappa shape index (κ1) is 14.1. The fourth-order valence-electron chi connectivity index (χ4n) is 1.56. The predicted octanol–water partition coefficient (Wildman–Crippen LogP) is 2.15. The van der Waals surface area contributed by atoms with E-state index in [9.17, 15) is 4.79 Å². The van der Waals surface area contributed by atoms with Gasteiger partial charge >= 0.3 is 5.97 Å². The van der Waals surface area contributed by atoms with Gasteiger partial charge in [0, 0.05) is 23.7 Å². The Morgan fingerprint density at radius 2 is 2.35 bits per heavy atom. The molecular weight excluding hydrogens is 282 g/mol. The number of nitrogens with zero attached hydrogens (tertiary/aromatic N) is 3. The van der Waals surface area contributed by atoms with E-state index in [0.717, 1.165) is 6.08 Å². The molecule has 0 fully saturated rings. The minimum atomic E-state index is -1.04. The lowest BCUT2D eigenvalue weighted by Crippen LogP contribution is -1.98. The molecule has 0 spiro atoms. The minimum absolute atomic E-state index is 0.239. The van der Waals surface area contributed by atoms with E-state index >= 15 is 0 Å². The van der Waals surface area contributed by atoms with Gasteiger partial charge < -0.3 is 9.84 Å². The highest BCUT2D eigenvalue weighted by Crippen LogP contribution is 2.24. The number of carboxylic acids is 1. The molecule has 104 valence electrons. The molecule has 2 aromatic rings. The van der Waals surface area contributed by atoms with Crippen molar-refractivity contribution in [2.24, 2.45) is 7.05 Å². The van der Waals surface area contributed by atoms with Gasteiger partial charge in [0.1, 0.15) is 18.1 Å². The third-order valence-electron chi connectivity index (χ3n) is 2.40. The van der Waals surface area contributed by atoms with Gasteiger partial charge in [-0.25, -0.2) is 4.79 Å². The van der Waals surface area contributed by atoms with Crippen LogP contribution in [0.4, 0.5) is 0 Å². The van der Waals surface area contributed by atoms with E-state index in [1.54, 1.807) is 36.1 Å². The standard InChI is InChI=1S/C13H12ClN3O3/c1-17-7-11(15-16-17)8-20-12-4-3-10(14)6-9(12)2-5-13(18)19/h2-7H,8H2,1H3,(H,18,19)/b5-2+. The molecule has 0 saturated carbocycles. The molecule has 0 amide bonds. The number of hydrogen-bond donors (Lipinski definition) is 1. The maximum atomic E-state index is 10.6. The first-order valence-electron chi connectivity index (χ1n) is 5.73. The van der Waals surface area contributed by atoms with Crippen molar-refractivity contribution in [1.29, 1.82) is 0 Å². The van der Waals surface area contributed by atoms with E-state index in [2.05, 4.69) is 10.3 Å². The Labute approximate surface area is 120 Å². The Kier molecular flexibility index (Phi) is 4.37. The second kappa shape index (κ2) is 6.21. The molecule has 0 atom stereocenters. The van der Waals surface area contributed by atoms with Gasteiger partial charge in [0.05, 0.1) is 6.20 Å². The zero-order valence-electron chi connectivity index (χ0n) is 10.7. The lowest BCUT2D eigenvalue weighted by atomic mass is 10.2. The molecule has 20 heavy (non-hydrogen) atoms. The fourth-order valence-corrected chi connectivity index (χ4v) is 1.74. The molecular formula is C13H12ClN3O3. The lowest BCUT2D eigenvalue weighted by molar-refractivity contribution is -0.131. The molecule has 0 radical (unpaired) electrons. The number of carbonyl (C=O) groups is 1. The van der Waals surface area contributed by atoms with Gasteiger partial charge in [0.15, 0.2) is 0 Å². The number of aryl methyl sites for hydroxylation is 1. The molecule has 1 aromatic heterocycles. The molecule has 0 saturated heterocycles. The van der Waals surface area contributed by atoms with E-state index in [0.29, 0.717) is 22.0 Å². The number of ether oxygens (including phenoxy) is 1. The van der Waals surface area contributed by atoms with Crippen LogP contribution in [0.2, 0.25) is 5.02 Å². The molecule has 1 heterocycles. The summed E-state index contributed by atoms with van der Waals surface area (Å²) < 4.78 is 7.18. The summed E-state index contributed by atoms with van der Waals surface area (Å²) in [5, 5.41) is 16.9. The second-order valence-corrected chi connectivity index (χ2v) is 4.46. The monoisotopic (exact) mass is 293 g/mol. The van der Waals surface area contributed by atoms with E-state index in [4.69, 9.17) is 21.4 Å². The summed E-state index contributed by atoms with van der Waals surface area (Å²) >= 11 is 5.89. The number of carboxylic acid groups (broad SMARTS) is 1. The summed E-state index contributed by atoms with van der Waals surface area (Å²) in [7, 11) is 1.76. The average molecular weight is 294 g/mol. The van der Waals surface area contributed by atoms with Gasteiger partial charge in [-0.3, -0.25) is 4.68 Å². The maximum Gasteiger partial charge on any atom is 0.328 e. The molecule has 2 rings (SSSR count). The second-order valence-electron chi connectivity index (χ2n) is 4.03. The first-order chi connectivity index (χ1) is 9.54. The molecule has 6 nitrogen and oxygen atoms in total. The molecule has 0 bridgehead atoms. The largest absolute Gasteiger partial charge is 0.487 e. The van der Waals surface area contributed by atoms with Crippen LogP contribution in [-0.2, 0) is 18.4 Å². The van der Waals surface area contributed by atoms with E-state index in [-0.39, 0.29) is 6.61 Å². The van der Waals surface area contributed by atoms with Crippen molar-refractivity contribution in [2.45, 2.75) is 6.61 Å². The van der Waals surface area contributed by atoms with Crippen LogP contribution in [0, 0.1) is 0 Å². The first-order valence-corrected chi connectivity index (χ1v) is 6.11. The highest BCUT2D eigenvalue weighted by Gasteiger charge is 2.05. The summed E-state index contributed by atoms with van der Waals surface area (Å²) in [6, 6.07) is 4.99. The van der Waals surface area contributed by atoms with Gasteiger partial charge in [-0.15, -0.1) is 5.10 Å². The van der Waals surface area contributed by atoms with Crippen molar-refractivity contribution < 1.29 is 14.6 Å². The average Bonchev–Trinajstić information content (AvgIpc) is 2.81. The van der Waals surface area contributed by atoms with Gasteiger partial charge in [-0.1, -0.05) is 16.8 Å². The topological polar surface area (TPSA) is 77.2 Å². The molecule has 1 aromatic carbocycles. The summed E-state index contributed by atoms with van der Waals surface area (Å²) in [4.78, 5) is 10.6. The maximum absolute atomic E-state index is 10.6. The third-order valence-corrected chi connectivity index (χ3v) is 2.64. The lowest BCUT2D eigenvalue weighted by Gasteiger charge is -2.08. The number of hydrogen-bond acceptors (Lipinski definition) is 4. The van der Waals surface area contributed by atoms with Crippen LogP contribution < -0.4 is 4.74 Å². The van der Waals surface area contributed by atoms with Crippen molar-refractivity contribution in [3.63, 3.8) is 0 Å². The molecule has 0 aliphatic heterocycles. The van der Waals surface area contributed by atoms with Gasteiger partial charge in [0.2, 0.25) is 0 Å². The molecule has 0 unspecified atom stereocenters. The molecule has 0 aliphatic carbocycles. The third kappa shape index (κ3) is 3.83. The highest BCUT2D eigenvalue weighted by atomic mass is 35.5. The summed E-state index contributed by atoms with van der Waals surface area (Å²) in [5.74, 6) is -0.512. The quantitative estimate of drug-likeness (QED) is 0.855. The number of benzene rings is 1. The molecule has 1 N–H and O–H groups in total. The fraction of sp³-hybridized carbons (Fsp3) is 0.154. The highest BCUT2D eigenvalue weighted by molar-refractivity contribution is 6.30. The van der Waals surface area contributed by atoms with Crippen LogP contribution in [0.25, 0.3) is 6.08 Å². The zero-order chi connectivity index (χ0) is 14.5. The molecule has 0 aliphatic rings. The summed E-state index contributed by atoms with van der Waals surface area (Å²) in [5.41, 5.74) is 1.26. The minimum Gasteiger partial charge on any atom is -0.487 e. The van der Waals surface area contributed by atoms with E-state index < -0.39 is 5.97 Å². The summed E-state index contributed by atoms with van der Waals surface area (Å²) in [6.07, 6.45) is 4.20. The Hall–Kier alpha value is -2.34. The van der Waals surface area contributed by atoms with Crippen LogP contribution in [0.5, 0.6) is 5.75 Å². The van der Waals surface area contributed by atoms with Gasteiger partial charge in [0.25, 0.3) is 0 Å². The van der Waals surface area contributed by atoms with Crippen molar-refractivity contribution in [1.82, 2.24) is 15.0 Å². The van der Waals surface area contributed by atoms with Crippen LogP contribution in [0.1, 0.15) is 11.3 Å². The number of aromatic nitrogens is 3. The van der Waals surface area contributed by atoms with Crippen LogP contribution in [-0.4, -0.2) is 26.1 Å². The number of rotatable bonds is 5. The Bertz CT molecular complexity index is 652. The predicted molar refractivity (Wildman–Crippen MR) is 73.5 cm³/mol. The number of aliphatic carboxylic acids is 1. The Morgan fingerprint density at radius 1 is 1.55 bits per heavy atom. The van der Waals surface area contributed by atoms with Crippen LogP contribution >= 0.6 is 11.6 Å². The van der Waals surface area contributed by atoms with E-state index in [1.807, 2.05) is 0 Å². The zero-order valence-corrected chi connectivity index (χ0v) is 11.4. The normalized spacial score (nSPS) is 10.9. The van der Waals surface area contributed by atoms with Gasteiger partial charge in [-0.2, -0.15) is 0 Å². The van der Waals surface area contributed by atoms with Crippen molar-refractivity contribution in [3.8, 4) is 5.75 Å². The number of halogens is 1. The van der Waals surface area contributed by atoms with Crippen molar-refractivity contribution >= 4 is 23.6 Å². The smallest absolute Gasteiger partial charge is 0.328 e. The van der Waals surface area contributed by atoms with E-state index in [1.165, 1.54) is 6.08 Å². The SMILES string of the molecule is Cn1cc(COc2ccc(Cl)cc2/C=C/C(=O)O)nn1. The van der Waals surface area contributed by atoms with Crippen molar-refractivity contribution in [3.05, 3.63) is 46.8 Å². The Morgan fingerprint density at radius 3 is 3.00 bits per heavy atom. The summed E-state index contributed by atoms with van der Waals surface area (Å²) in [6.45, 7) is 0.239. The van der Waals surface area contributed by atoms with Crippen molar-refractivity contribution in [2.75, 3.05) is 0 Å². The van der Waals surface area contributed by atoms with Crippen LogP contribution in [0.15, 0.2) is 30.5 Å². The van der Waals surface area contributed by atoms with Gasteiger partial charge in [-0.05, 0) is 24.3 Å².